The second kappa shape index (κ2) is 4.85. The maximum Gasteiger partial charge on any atom is 0.255 e. The van der Waals surface area contributed by atoms with Crippen LogP contribution >= 0.6 is 11.6 Å². The van der Waals surface area contributed by atoms with E-state index in [1.54, 1.807) is 7.11 Å². The van der Waals surface area contributed by atoms with E-state index in [1.807, 2.05) is 13.8 Å². The smallest absolute Gasteiger partial charge is 0.255 e. The predicted molar refractivity (Wildman–Crippen MR) is 65.6 cm³/mol. The van der Waals surface area contributed by atoms with Crippen molar-refractivity contribution in [3.8, 4) is 0 Å². The van der Waals surface area contributed by atoms with Crippen molar-refractivity contribution in [2.75, 3.05) is 25.6 Å². The van der Waals surface area contributed by atoms with Crippen molar-refractivity contribution in [2.45, 2.75) is 13.8 Å². The van der Waals surface area contributed by atoms with Crippen molar-refractivity contribution in [1.82, 2.24) is 19.6 Å². The zero-order chi connectivity index (χ0) is 12.4. The lowest BCUT2D eigenvalue weighted by Gasteiger charge is -2.02. The molecule has 2 aromatic rings. The summed E-state index contributed by atoms with van der Waals surface area (Å²) in [7, 11) is 1.64. The number of hydrogen-bond acceptors (Lipinski definition) is 5. The van der Waals surface area contributed by atoms with E-state index in [1.165, 1.54) is 4.52 Å². The molecule has 1 N–H and O–H groups in total. The van der Waals surface area contributed by atoms with E-state index < -0.39 is 0 Å². The topological polar surface area (TPSA) is 64.3 Å². The highest BCUT2D eigenvalue weighted by molar-refractivity contribution is 6.30. The first-order valence-corrected chi connectivity index (χ1v) is 5.63. The summed E-state index contributed by atoms with van der Waals surface area (Å²) in [4.78, 5) is 8.56. The molecule has 0 spiro atoms. The largest absolute Gasteiger partial charge is 0.383 e. The van der Waals surface area contributed by atoms with Gasteiger partial charge in [-0.3, -0.25) is 0 Å². The van der Waals surface area contributed by atoms with E-state index >= 15 is 0 Å². The number of nitrogens with one attached hydrogen (secondary N) is 1. The molecule has 0 amide bonds. The third kappa shape index (κ3) is 2.32. The van der Waals surface area contributed by atoms with Crippen molar-refractivity contribution in [3.05, 3.63) is 16.4 Å². The van der Waals surface area contributed by atoms with Gasteiger partial charge >= 0.3 is 0 Å². The standard InChI is InChI=1S/C10H14ClN5O/c1-6-7(2)13-10-14-9(12-4-5-17-3)15-16(10)8(6)11/h4-5H2,1-3H3,(H,12,15). The van der Waals surface area contributed by atoms with Gasteiger partial charge < -0.3 is 10.1 Å². The molecule has 0 atom stereocenters. The molecular weight excluding hydrogens is 242 g/mol. The average molecular weight is 256 g/mol. The number of fused-ring (bicyclic) bond motifs is 1. The molecule has 2 rings (SSSR count). The first-order chi connectivity index (χ1) is 8.13. The van der Waals surface area contributed by atoms with Crippen LogP contribution in [0.2, 0.25) is 5.15 Å². The Morgan fingerprint density at radius 2 is 2.12 bits per heavy atom. The average Bonchev–Trinajstić information content (AvgIpc) is 2.70. The molecule has 17 heavy (non-hydrogen) atoms. The van der Waals surface area contributed by atoms with E-state index in [4.69, 9.17) is 16.3 Å². The van der Waals surface area contributed by atoms with Crippen LogP contribution in [0, 0.1) is 13.8 Å². The summed E-state index contributed by atoms with van der Waals surface area (Å²) < 4.78 is 6.46. The van der Waals surface area contributed by atoms with Crippen molar-refractivity contribution >= 4 is 23.3 Å². The molecule has 0 saturated carbocycles. The van der Waals surface area contributed by atoms with Crippen LogP contribution in [0.5, 0.6) is 0 Å². The van der Waals surface area contributed by atoms with Gasteiger partial charge in [0, 0.05) is 24.9 Å². The molecule has 2 aromatic heterocycles. The highest BCUT2D eigenvalue weighted by atomic mass is 35.5. The molecule has 6 nitrogen and oxygen atoms in total. The lowest BCUT2D eigenvalue weighted by Crippen LogP contribution is -2.08. The van der Waals surface area contributed by atoms with E-state index in [0.29, 0.717) is 30.0 Å². The molecule has 0 unspecified atom stereocenters. The second-order valence-corrected chi connectivity index (χ2v) is 4.04. The van der Waals surface area contributed by atoms with Gasteiger partial charge in [-0.05, 0) is 13.8 Å². The number of halogens is 1. The Morgan fingerprint density at radius 3 is 2.82 bits per heavy atom. The van der Waals surface area contributed by atoms with Gasteiger partial charge in [-0.15, -0.1) is 5.10 Å². The number of ether oxygens (including phenoxy) is 1. The van der Waals surface area contributed by atoms with Gasteiger partial charge in [0.2, 0.25) is 5.95 Å². The van der Waals surface area contributed by atoms with Crippen molar-refractivity contribution in [2.24, 2.45) is 0 Å². The number of nitrogens with zero attached hydrogens (tertiary/aromatic N) is 4. The van der Waals surface area contributed by atoms with Gasteiger partial charge in [0.05, 0.1) is 6.61 Å². The Hall–Kier alpha value is -1.40. The SMILES string of the molecule is COCCNc1nc2nc(C)c(C)c(Cl)n2n1. The number of aromatic nitrogens is 4. The fourth-order valence-electron chi connectivity index (χ4n) is 1.39. The molecule has 0 saturated heterocycles. The van der Waals surface area contributed by atoms with Crippen molar-refractivity contribution < 1.29 is 4.74 Å². The van der Waals surface area contributed by atoms with Crippen molar-refractivity contribution in [1.29, 1.82) is 0 Å². The van der Waals surface area contributed by atoms with Crippen LogP contribution < -0.4 is 5.32 Å². The maximum atomic E-state index is 6.17. The van der Waals surface area contributed by atoms with Gasteiger partial charge in [0.25, 0.3) is 5.78 Å². The number of methoxy groups -OCH3 is 1. The normalized spacial score (nSPS) is 11.1. The summed E-state index contributed by atoms with van der Waals surface area (Å²) in [5.74, 6) is 1.000. The Balaban J connectivity index is 2.34. The Bertz CT molecular complexity index is 539. The lowest BCUT2D eigenvalue weighted by molar-refractivity contribution is 0.210. The fraction of sp³-hybridized carbons (Fsp3) is 0.500. The van der Waals surface area contributed by atoms with Crippen LogP contribution in [0.1, 0.15) is 11.3 Å². The summed E-state index contributed by atoms with van der Waals surface area (Å²) >= 11 is 6.17. The molecule has 2 heterocycles. The molecule has 0 fully saturated rings. The minimum atomic E-state index is 0.498. The van der Waals surface area contributed by atoms with Crippen LogP contribution in [0.3, 0.4) is 0 Å². The van der Waals surface area contributed by atoms with Crippen LogP contribution in [-0.2, 0) is 4.74 Å². The Kier molecular flexibility index (Phi) is 3.44. The quantitative estimate of drug-likeness (QED) is 0.662. The minimum Gasteiger partial charge on any atom is -0.383 e. The molecule has 92 valence electrons. The van der Waals surface area contributed by atoms with Gasteiger partial charge in [-0.1, -0.05) is 11.6 Å². The third-order valence-electron chi connectivity index (χ3n) is 2.49. The Labute approximate surface area is 104 Å². The molecule has 0 aliphatic heterocycles. The molecule has 7 heteroatoms. The zero-order valence-corrected chi connectivity index (χ0v) is 10.7. The van der Waals surface area contributed by atoms with Gasteiger partial charge in [0.15, 0.2) is 0 Å². The van der Waals surface area contributed by atoms with E-state index in [9.17, 15) is 0 Å². The monoisotopic (exact) mass is 255 g/mol. The van der Waals surface area contributed by atoms with Crippen LogP contribution in [-0.4, -0.2) is 39.8 Å². The molecule has 0 aliphatic rings. The number of hydrogen-bond donors (Lipinski definition) is 1. The van der Waals surface area contributed by atoms with E-state index in [2.05, 4.69) is 20.4 Å². The van der Waals surface area contributed by atoms with Crippen LogP contribution in [0.25, 0.3) is 5.78 Å². The maximum absolute atomic E-state index is 6.17. The minimum absolute atomic E-state index is 0.498. The molecule has 0 aromatic carbocycles. The molecule has 0 bridgehead atoms. The summed E-state index contributed by atoms with van der Waals surface area (Å²) in [6.45, 7) is 5.04. The summed E-state index contributed by atoms with van der Waals surface area (Å²) in [6.07, 6.45) is 0. The predicted octanol–water partition coefficient (Wildman–Crippen LogP) is 1.45. The van der Waals surface area contributed by atoms with Crippen LogP contribution in [0.4, 0.5) is 5.95 Å². The number of aryl methyl sites for hydroxylation is 1. The van der Waals surface area contributed by atoms with E-state index in [-0.39, 0.29) is 0 Å². The molecule has 0 radical (unpaired) electrons. The van der Waals surface area contributed by atoms with Gasteiger partial charge in [-0.2, -0.15) is 9.50 Å². The Morgan fingerprint density at radius 1 is 1.35 bits per heavy atom. The van der Waals surface area contributed by atoms with Gasteiger partial charge in [-0.25, -0.2) is 4.98 Å². The molecule has 0 aliphatic carbocycles. The van der Waals surface area contributed by atoms with Crippen LogP contribution in [0.15, 0.2) is 0 Å². The molecular formula is C10H14ClN5O. The zero-order valence-electron chi connectivity index (χ0n) is 9.99. The third-order valence-corrected chi connectivity index (χ3v) is 2.93. The fourth-order valence-corrected chi connectivity index (χ4v) is 1.64. The van der Waals surface area contributed by atoms with E-state index in [0.717, 1.165) is 11.3 Å². The number of anilines is 1. The first-order valence-electron chi connectivity index (χ1n) is 5.25. The first kappa shape index (κ1) is 12.1. The van der Waals surface area contributed by atoms with Crippen molar-refractivity contribution in [3.63, 3.8) is 0 Å². The van der Waals surface area contributed by atoms with Gasteiger partial charge in [0.1, 0.15) is 5.15 Å². The highest BCUT2D eigenvalue weighted by Gasteiger charge is 2.11. The highest BCUT2D eigenvalue weighted by Crippen LogP contribution is 2.18. The summed E-state index contributed by atoms with van der Waals surface area (Å²) in [5, 5.41) is 7.81. The lowest BCUT2D eigenvalue weighted by atomic mass is 10.3. The second-order valence-electron chi connectivity index (χ2n) is 3.68. The number of rotatable bonds is 4. The summed E-state index contributed by atoms with van der Waals surface area (Å²) in [6, 6.07) is 0. The summed E-state index contributed by atoms with van der Waals surface area (Å²) in [5.41, 5.74) is 1.77.